The molecule has 1 aromatic heterocycles. The average molecular weight is 273 g/mol. The molecule has 0 aliphatic carbocycles. The molecule has 1 saturated heterocycles. The second-order valence-corrected chi connectivity index (χ2v) is 5.01. The number of morpholine rings is 1. The molecule has 0 atom stereocenters. The highest BCUT2D eigenvalue weighted by atomic mass is 16.5. The first-order valence-corrected chi connectivity index (χ1v) is 6.87. The zero-order chi connectivity index (χ0) is 14.1. The summed E-state index contributed by atoms with van der Waals surface area (Å²) in [5.74, 6) is 0. The Kier molecular flexibility index (Phi) is 3.36. The van der Waals surface area contributed by atoms with Gasteiger partial charge >= 0.3 is 0 Å². The second kappa shape index (κ2) is 5.17. The van der Waals surface area contributed by atoms with E-state index in [4.69, 9.17) is 4.74 Å². The first-order chi connectivity index (χ1) is 9.70. The van der Waals surface area contributed by atoms with Crippen molar-refractivity contribution in [3.05, 3.63) is 46.4 Å². The van der Waals surface area contributed by atoms with E-state index in [1.54, 1.807) is 4.68 Å². The van der Waals surface area contributed by atoms with E-state index in [2.05, 4.69) is 4.90 Å². The van der Waals surface area contributed by atoms with Crippen LogP contribution in [0.2, 0.25) is 0 Å². The minimum Gasteiger partial charge on any atom is -0.378 e. The molecule has 0 N–H and O–H groups in total. The summed E-state index contributed by atoms with van der Waals surface area (Å²) in [6.07, 6.45) is 0. The Labute approximate surface area is 118 Å². The molecule has 0 unspecified atom stereocenters. The summed E-state index contributed by atoms with van der Waals surface area (Å²) in [7, 11) is 1.92. The van der Waals surface area contributed by atoms with Gasteiger partial charge in [0.1, 0.15) is 5.69 Å². The van der Waals surface area contributed by atoms with Crippen LogP contribution in [-0.4, -0.2) is 35.7 Å². The first-order valence-electron chi connectivity index (χ1n) is 6.87. The van der Waals surface area contributed by atoms with Crippen molar-refractivity contribution in [2.75, 3.05) is 31.2 Å². The standard InChI is InChI=1S/C15H19N3O2/c1-12-14(17-8-10-20-11-9-17)15(19)18(16(12)2)13-6-4-3-5-7-13/h3-7H,8-11H2,1-2H3. The van der Waals surface area contributed by atoms with Crippen LogP contribution in [0.4, 0.5) is 5.69 Å². The molecule has 0 spiro atoms. The Morgan fingerprint density at radius 1 is 1.10 bits per heavy atom. The van der Waals surface area contributed by atoms with Crippen molar-refractivity contribution < 1.29 is 4.74 Å². The van der Waals surface area contributed by atoms with Crippen molar-refractivity contribution in [3.8, 4) is 5.69 Å². The van der Waals surface area contributed by atoms with E-state index >= 15 is 0 Å². The van der Waals surface area contributed by atoms with Gasteiger partial charge in [-0.15, -0.1) is 0 Å². The second-order valence-electron chi connectivity index (χ2n) is 5.01. The summed E-state index contributed by atoms with van der Waals surface area (Å²) in [6.45, 7) is 4.90. The molecular weight excluding hydrogens is 254 g/mol. The maximum Gasteiger partial charge on any atom is 0.295 e. The molecule has 0 bridgehead atoms. The summed E-state index contributed by atoms with van der Waals surface area (Å²) in [6, 6.07) is 9.73. The van der Waals surface area contributed by atoms with E-state index < -0.39 is 0 Å². The predicted octanol–water partition coefficient (Wildman–Crippen LogP) is 1.32. The van der Waals surface area contributed by atoms with Gasteiger partial charge in [-0.3, -0.25) is 9.48 Å². The van der Waals surface area contributed by atoms with Gasteiger partial charge in [0.05, 0.1) is 24.6 Å². The number of hydrogen-bond acceptors (Lipinski definition) is 3. The van der Waals surface area contributed by atoms with Crippen LogP contribution in [0.5, 0.6) is 0 Å². The van der Waals surface area contributed by atoms with E-state index in [1.807, 2.05) is 49.0 Å². The maximum atomic E-state index is 12.8. The lowest BCUT2D eigenvalue weighted by Gasteiger charge is -2.27. The minimum absolute atomic E-state index is 0.0399. The van der Waals surface area contributed by atoms with Crippen molar-refractivity contribution in [1.29, 1.82) is 0 Å². The number of para-hydroxylation sites is 1. The molecule has 1 aliphatic heterocycles. The van der Waals surface area contributed by atoms with E-state index in [1.165, 1.54) is 0 Å². The molecule has 2 aromatic rings. The van der Waals surface area contributed by atoms with Crippen LogP contribution in [-0.2, 0) is 11.8 Å². The number of anilines is 1. The van der Waals surface area contributed by atoms with Crippen LogP contribution in [0.1, 0.15) is 5.69 Å². The average Bonchev–Trinajstić information content (AvgIpc) is 2.71. The summed E-state index contributed by atoms with van der Waals surface area (Å²) in [5, 5.41) is 0. The van der Waals surface area contributed by atoms with Crippen LogP contribution in [0, 0.1) is 6.92 Å². The van der Waals surface area contributed by atoms with Crippen molar-refractivity contribution in [1.82, 2.24) is 9.36 Å². The summed E-state index contributed by atoms with van der Waals surface area (Å²) >= 11 is 0. The van der Waals surface area contributed by atoms with E-state index in [0.717, 1.165) is 30.2 Å². The number of benzene rings is 1. The Balaban J connectivity index is 2.12. The van der Waals surface area contributed by atoms with Crippen molar-refractivity contribution in [3.63, 3.8) is 0 Å². The van der Waals surface area contributed by atoms with Gasteiger partial charge in [-0.2, -0.15) is 0 Å². The van der Waals surface area contributed by atoms with Gasteiger partial charge < -0.3 is 9.64 Å². The van der Waals surface area contributed by atoms with Crippen LogP contribution in [0.25, 0.3) is 5.69 Å². The third kappa shape index (κ3) is 2.04. The molecule has 2 heterocycles. The molecule has 106 valence electrons. The van der Waals surface area contributed by atoms with Crippen LogP contribution in [0.15, 0.2) is 35.1 Å². The monoisotopic (exact) mass is 273 g/mol. The lowest BCUT2D eigenvalue weighted by molar-refractivity contribution is 0.122. The zero-order valence-electron chi connectivity index (χ0n) is 11.9. The molecular formula is C15H19N3O2. The highest BCUT2D eigenvalue weighted by molar-refractivity contribution is 5.52. The van der Waals surface area contributed by atoms with Crippen LogP contribution >= 0.6 is 0 Å². The number of ether oxygens (including phenoxy) is 1. The van der Waals surface area contributed by atoms with Gasteiger partial charge in [0.15, 0.2) is 0 Å². The normalized spacial score (nSPS) is 15.6. The molecule has 1 fully saturated rings. The van der Waals surface area contributed by atoms with E-state index in [0.29, 0.717) is 13.2 Å². The van der Waals surface area contributed by atoms with Gasteiger partial charge in [0.25, 0.3) is 5.56 Å². The Morgan fingerprint density at radius 3 is 2.40 bits per heavy atom. The number of aromatic nitrogens is 2. The summed E-state index contributed by atoms with van der Waals surface area (Å²) in [4.78, 5) is 14.9. The Bertz CT molecular complexity index is 652. The van der Waals surface area contributed by atoms with Crippen LogP contribution < -0.4 is 10.5 Å². The molecule has 1 aromatic carbocycles. The molecule has 0 radical (unpaired) electrons. The highest BCUT2D eigenvalue weighted by Gasteiger charge is 2.22. The van der Waals surface area contributed by atoms with Gasteiger partial charge in [0, 0.05) is 20.1 Å². The number of nitrogens with zero attached hydrogens (tertiary/aromatic N) is 3. The maximum absolute atomic E-state index is 12.8. The fourth-order valence-electron chi connectivity index (χ4n) is 2.71. The third-order valence-electron chi connectivity index (χ3n) is 3.85. The molecule has 0 amide bonds. The molecule has 3 rings (SSSR count). The van der Waals surface area contributed by atoms with Gasteiger partial charge in [0.2, 0.25) is 0 Å². The van der Waals surface area contributed by atoms with Crippen molar-refractivity contribution in [2.24, 2.45) is 7.05 Å². The van der Waals surface area contributed by atoms with E-state index in [-0.39, 0.29) is 5.56 Å². The Morgan fingerprint density at radius 2 is 1.75 bits per heavy atom. The molecule has 5 nitrogen and oxygen atoms in total. The third-order valence-corrected chi connectivity index (χ3v) is 3.85. The number of hydrogen-bond donors (Lipinski definition) is 0. The largest absolute Gasteiger partial charge is 0.378 e. The quantitative estimate of drug-likeness (QED) is 0.828. The molecule has 5 heteroatoms. The highest BCUT2D eigenvalue weighted by Crippen LogP contribution is 2.19. The summed E-state index contributed by atoms with van der Waals surface area (Å²) < 4.78 is 9.01. The zero-order valence-corrected chi connectivity index (χ0v) is 11.9. The van der Waals surface area contributed by atoms with Crippen molar-refractivity contribution in [2.45, 2.75) is 6.92 Å². The van der Waals surface area contributed by atoms with Gasteiger partial charge in [-0.05, 0) is 19.1 Å². The lowest BCUT2D eigenvalue weighted by atomic mass is 10.3. The van der Waals surface area contributed by atoms with Gasteiger partial charge in [-0.1, -0.05) is 18.2 Å². The minimum atomic E-state index is 0.0399. The predicted molar refractivity (Wildman–Crippen MR) is 78.8 cm³/mol. The number of rotatable bonds is 2. The van der Waals surface area contributed by atoms with Crippen LogP contribution in [0.3, 0.4) is 0 Å². The lowest BCUT2D eigenvalue weighted by Crippen LogP contribution is -2.39. The molecule has 20 heavy (non-hydrogen) atoms. The fraction of sp³-hybridized carbons (Fsp3) is 0.400. The molecule has 1 aliphatic rings. The van der Waals surface area contributed by atoms with Gasteiger partial charge in [-0.25, -0.2) is 4.68 Å². The Hall–Kier alpha value is -2.01. The van der Waals surface area contributed by atoms with E-state index in [9.17, 15) is 4.79 Å². The smallest absolute Gasteiger partial charge is 0.295 e. The SMILES string of the molecule is Cc1c(N2CCOCC2)c(=O)n(-c2ccccc2)n1C. The molecule has 0 saturated carbocycles. The topological polar surface area (TPSA) is 39.4 Å². The first kappa shape index (κ1) is 13.0. The fourth-order valence-corrected chi connectivity index (χ4v) is 2.71. The van der Waals surface area contributed by atoms with Crippen molar-refractivity contribution >= 4 is 5.69 Å². The summed E-state index contributed by atoms with van der Waals surface area (Å²) in [5.41, 5.74) is 2.71.